The predicted octanol–water partition coefficient (Wildman–Crippen LogP) is 5.71. The van der Waals surface area contributed by atoms with Crippen molar-refractivity contribution in [2.75, 3.05) is 31.1 Å². The number of fused-ring (bicyclic) bond motifs is 3. The van der Waals surface area contributed by atoms with Crippen LogP contribution in [-0.4, -0.2) is 53.8 Å². The number of nitrogens with one attached hydrogen (secondary N) is 1. The highest BCUT2D eigenvalue weighted by atomic mass is 32.2. The average Bonchev–Trinajstić information content (AvgIpc) is 2.64. The molecule has 0 radical (unpaired) electrons. The van der Waals surface area contributed by atoms with Crippen molar-refractivity contribution < 1.29 is 9.53 Å². The third-order valence-electron chi connectivity index (χ3n) is 6.17. The smallest absolute Gasteiger partial charge is 0.407 e. The third-order valence-corrected chi connectivity index (χ3v) is 7.27. The van der Waals surface area contributed by atoms with Gasteiger partial charge in [0.2, 0.25) is 0 Å². The van der Waals surface area contributed by atoms with Crippen LogP contribution < -0.4 is 5.32 Å². The predicted molar refractivity (Wildman–Crippen MR) is 121 cm³/mol. The molecule has 0 spiro atoms. The maximum absolute atomic E-state index is 11.9. The Morgan fingerprint density at radius 3 is 2.57 bits per heavy atom. The number of unbranched alkanes of at least 4 members (excludes halogenated alkanes) is 5. The van der Waals surface area contributed by atoms with Gasteiger partial charge in [0.15, 0.2) is 0 Å². The molecule has 28 heavy (non-hydrogen) atoms. The Morgan fingerprint density at radius 1 is 1.14 bits per heavy atom. The summed E-state index contributed by atoms with van der Waals surface area (Å²) in [5.74, 6) is 4.38. The zero-order valence-electron chi connectivity index (χ0n) is 18.8. The molecular weight excluding hydrogens is 368 g/mol. The van der Waals surface area contributed by atoms with E-state index in [-0.39, 0.29) is 6.09 Å². The first kappa shape index (κ1) is 23.9. The number of hydrogen-bond donors (Lipinski definition) is 1. The molecule has 3 aliphatic heterocycles. The molecule has 3 rings (SSSR count). The van der Waals surface area contributed by atoms with Gasteiger partial charge in [-0.3, -0.25) is 4.90 Å². The fraction of sp³-hybridized carbons (Fsp3) is 0.957. The van der Waals surface area contributed by atoms with Crippen molar-refractivity contribution in [2.24, 2.45) is 11.8 Å². The molecule has 164 valence electrons. The Hall–Kier alpha value is -0.420. The normalized spacial score (nSPS) is 27.0. The highest BCUT2D eigenvalue weighted by Gasteiger charge is 2.39. The zero-order chi connectivity index (χ0) is 20.4. The summed E-state index contributed by atoms with van der Waals surface area (Å²) in [7, 11) is 0. The summed E-state index contributed by atoms with van der Waals surface area (Å²) in [4.78, 5) is 14.5. The molecule has 5 heteroatoms. The number of carbonyl (C=O) groups excluding carboxylic acids is 1. The molecule has 0 saturated carbocycles. The van der Waals surface area contributed by atoms with Crippen LogP contribution in [0.3, 0.4) is 0 Å². The van der Waals surface area contributed by atoms with Gasteiger partial charge < -0.3 is 10.1 Å². The van der Waals surface area contributed by atoms with Crippen LogP contribution in [0, 0.1) is 11.8 Å². The zero-order valence-corrected chi connectivity index (χ0v) is 19.6. The van der Waals surface area contributed by atoms with E-state index >= 15 is 0 Å². The van der Waals surface area contributed by atoms with E-state index in [0.29, 0.717) is 6.04 Å². The minimum atomic E-state index is -0.422. The lowest BCUT2D eigenvalue weighted by molar-refractivity contribution is -0.00165. The van der Waals surface area contributed by atoms with Gasteiger partial charge in [0.25, 0.3) is 0 Å². The first-order valence-corrected chi connectivity index (χ1v) is 12.8. The fourth-order valence-electron chi connectivity index (χ4n) is 4.63. The Labute approximate surface area is 177 Å². The van der Waals surface area contributed by atoms with Crippen LogP contribution in [0.4, 0.5) is 4.79 Å². The summed E-state index contributed by atoms with van der Waals surface area (Å²) < 4.78 is 5.37. The minimum Gasteiger partial charge on any atom is -0.444 e. The number of piperidine rings is 3. The van der Waals surface area contributed by atoms with Gasteiger partial charge in [-0.05, 0) is 76.3 Å². The maximum atomic E-state index is 11.9. The Bertz CT molecular complexity index is 452. The van der Waals surface area contributed by atoms with Crippen molar-refractivity contribution in [1.82, 2.24) is 10.2 Å². The van der Waals surface area contributed by atoms with E-state index in [0.717, 1.165) is 18.4 Å². The van der Waals surface area contributed by atoms with E-state index in [1.54, 1.807) is 0 Å². The molecule has 1 N–H and O–H groups in total. The van der Waals surface area contributed by atoms with Crippen LogP contribution in [0.25, 0.3) is 0 Å². The molecule has 0 aromatic rings. The summed E-state index contributed by atoms with van der Waals surface area (Å²) >= 11 is 2.17. The van der Waals surface area contributed by atoms with Gasteiger partial charge in [0.1, 0.15) is 5.60 Å². The summed E-state index contributed by atoms with van der Waals surface area (Å²) in [5, 5.41) is 2.99. The van der Waals surface area contributed by atoms with Crippen molar-refractivity contribution in [3.63, 3.8) is 0 Å². The van der Waals surface area contributed by atoms with Crippen LogP contribution >= 0.6 is 11.8 Å². The van der Waals surface area contributed by atoms with E-state index in [4.69, 9.17) is 4.74 Å². The molecular formula is C23H44N2O2S. The van der Waals surface area contributed by atoms with Gasteiger partial charge in [0, 0.05) is 19.1 Å². The molecule has 3 aliphatic rings. The lowest BCUT2D eigenvalue weighted by atomic mass is 9.74. The molecule has 3 heterocycles. The highest BCUT2D eigenvalue weighted by Crippen LogP contribution is 2.38. The largest absolute Gasteiger partial charge is 0.444 e. The highest BCUT2D eigenvalue weighted by molar-refractivity contribution is 7.99. The van der Waals surface area contributed by atoms with E-state index in [1.807, 2.05) is 20.8 Å². The van der Waals surface area contributed by atoms with Gasteiger partial charge in [-0.2, -0.15) is 11.8 Å². The second-order valence-corrected chi connectivity index (χ2v) is 11.0. The fourth-order valence-corrected chi connectivity index (χ4v) is 5.71. The van der Waals surface area contributed by atoms with Crippen molar-refractivity contribution in [3.05, 3.63) is 0 Å². The SMILES string of the molecule is CCCCCCCCSCCC1CN2CCC1CC2CNC(=O)OC(C)(C)C. The lowest BCUT2D eigenvalue weighted by Crippen LogP contribution is -2.57. The van der Waals surface area contributed by atoms with Gasteiger partial charge in [-0.25, -0.2) is 4.79 Å². The van der Waals surface area contributed by atoms with Crippen molar-refractivity contribution in [3.8, 4) is 0 Å². The van der Waals surface area contributed by atoms with Crippen molar-refractivity contribution in [2.45, 2.75) is 97.1 Å². The van der Waals surface area contributed by atoms with E-state index in [9.17, 15) is 4.79 Å². The van der Waals surface area contributed by atoms with Crippen LogP contribution in [0.15, 0.2) is 0 Å². The molecule has 2 bridgehead atoms. The Kier molecular flexibility index (Phi) is 10.5. The van der Waals surface area contributed by atoms with Crippen molar-refractivity contribution >= 4 is 17.9 Å². The van der Waals surface area contributed by atoms with E-state index in [2.05, 4.69) is 28.9 Å². The van der Waals surface area contributed by atoms with Gasteiger partial charge in [-0.1, -0.05) is 39.0 Å². The van der Waals surface area contributed by atoms with Crippen LogP contribution in [0.2, 0.25) is 0 Å². The first-order valence-electron chi connectivity index (χ1n) is 11.7. The lowest BCUT2D eigenvalue weighted by Gasteiger charge is -2.50. The van der Waals surface area contributed by atoms with E-state index in [1.165, 1.54) is 82.4 Å². The van der Waals surface area contributed by atoms with Gasteiger partial charge >= 0.3 is 6.09 Å². The molecule has 3 fully saturated rings. The molecule has 3 saturated heterocycles. The second-order valence-electron chi connectivity index (χ2n) is 9.74. The van der Waals surface area contributed by atoms with Crippen LogP contribution in [0.1, 0.15) is 85.5 Å². The number of amides is 1. The maximum Gasteiger partial charge on any atom is 0.407 e. The molecule has 0 aliphatic carbocycles. The number of nitrogens with zero attached hydrogens (tertiary/aromatic N) is 1. The number of ether oxygens (including phenoxy) is 1. The number of hydrogen-bond acceptors (Lipinski definition) is 4. The molecule has 0 aromatic heterocycles. The average molecular weight is 413 g/mol. The molecule has 4 unspecified atom stereocenters. The number of alkyl carbamates (subject to hydrolysis) is 1. The number of carbonyl (C=O) groups is 1. The van der Waals surface area contributed by atoms with Crippen LogP contribution in [-0.2, 0) is 4.74 Å². The topological polar surface area (TPSA) is 41.6 Å². The van der Waals surface area contributed by atoms with E-state index < -0.39 is 5.60 Å². The van der Waals surface area contributed by atoms with Crippen molar-refractivity contribution in [1.29, 1.82) is 0 Å². The summed E-state index contributed by atoms with van der Waals surface area (Å²) in [6.07, 6.45) is 12.1. The standard InChI is InChI=1S/C23H44N2O2S/c1-5-6-7-8-9-10-14-28-15-12-20-18-25-13-11-19(20)16-21(25)17-24-22(26)27-23(2,3)4/h19-21H,5-18H2,1-4H3,(H,24,26). The summed E-state index contributed by atoms with van der Waals surface area (Å²) in [6.45, 7) is 11.2. The minimum absolute atomic E-state index is 0.280. The number of rotatable bonds is 12. The van der Waals surface area contributed by atoms with Gasteiger partial charge in [-0.15, -0.1) is 0 Å². The monoisotopic (exact) mass is 412 g/mol. The Morgan fingerprint density at radius 2 is 1.89 bits per heavy atom. The third kappa shape index (κ3) is 8.94. The quantitative estimate of drug-likeness (QED) is 0.417. The van der Waals surface area contributed by atoms with Crippen LogP contribution in [0.5, 0.6) is 0 Å². The number of thioether (sulfide) groups is 1. The summed E-state index contributed by atoms with van der Waals surface area (Å²) in [6, 6.07) is 0.498. The summed E-state index contributed by atoms with van der Waals surface area (Å²) in [5.41, 5.74) is -0.422. The Balaban J connectivity index is 1.56. The second kappa shape index (κ2) is 12.3. The van der Waals surface area contributed by atoms with Gasteiger partial charge in [0.05, 0.1) is 0 Å². The molecule has 0 aromatic carbocycles. The molecule has 4 nitrogen and oxygen atoms in total. The molecule has 4 atom stereocenters. The first-order chi connectivity index (χ1) is 13.4. The molecule has 1 amide bonds.